The summed E-state index contributed by atoms with van der Waals surface area (Å²) >= 11 is 0. The van der Waals surface area contributed by atoms with Crippen LogP contribution >= 0.6 is 0 Å². The van der Waals surface area contributed by atoms with Crippen molar-refractivity contribution >= 4 is 10.1 Å². The van der Waals surface area contributed by atoms with Gasteiger partial charge in [0.05, 0.1) is 25.9 Å². The highest BCUT2D eigenvalue weighted by molar-refractivity contribution is 7.85. The summed E-state index contributed by atoms with van der Waals surface area (Å²) in [5.74, 6) is 6.03. The highest BCUT2D eigenvalue weighted by atomic mass is 32.2. The maximum Gasteiger partial charge on any atom is 0.265 e. The van der Waals surface area contributed by atoms with E-state index in [9.17, 15) is 8.42 Å². The van der Waals surface area contributed by atoms with E-state index >= 15 is 0 Å². The molecular weight excluding hydrogens is 348 g/mol. The van der Waals surface area contributed by atoms with Crippen LogP contribution < -0.4 is 5.84 Å². The van der Waals surface area contributed by atoms with Crippen molar-refractivity contribution in [2.24, 2.45) is 11.8 Å². The molecule has 158 valence electrons. The Kier molecular flexibility index (Phi) is 14.7. The molecule has 0 aliphatic rings. The molecule has 0 aromatic heterocycles. The molecule has 3 N–H and O–H groups in total. The fourth-order valence-electron chi connectivity index (χ4n) is 3.59. The summed E-state index contributed by atoms with van der Waals surface area (Å²) in [6.07, 6.45) is 16.5. The average molecular weight is 394 g/mol. The molecule has 0 amide bonds. The number of nitrogens with zero attached hydrogens (tertiary/aromatic N) is 1. The Bertz CT molecular complexity index is 425. The first-order valence-electron chi connectivity index (χ1n) is 10.8. The van der Waals surface area contributed by atoms with E-state index in [0.717, 1.165) is 13.0 Å². The molecule has 0 spiro atoms. The summed E-state index contributed by atoms with van der Waals surface area (Å²) in [6.45, 7) is 5.65. The van der Waals surface area contributed by atoms with Crippen LogP contribution in [-0.2, 0) is 10.1 Å². The Morgan fingerprint density at radius 3 is 1.65 bits per heavy atom. The van der Waals surface area contributed by atoms with Crippen LogP contribution in [0.2, 0.25) is 0 Å². The van der Waals surface area contributed by atoms with Gasteiger partial charge >= 0.3 is 0 Å². The molecule has 0 aromatic carbocycles. The molecule has 0 aromatic rings. The maximum atomic E-state index is 11.1. The van der Waals surface area contributed by atoms with E-state index in [4.69, 9.17) is 10.4 Å². The van der Waals surface area contributed by atoms with Gasteiger partial charge in [0.1, 0.15) is 0 Å². The van der Waals surface area contributed by atoms with Crippen LogP contribution in [0.1, 0.15) is 97.3 Å². The number of nitrogens with two attached hydrogens (primary N) is 1. The first-order valence-corrected chi connectivity index (χ1v) is 12.4. The summed E-state index contributed by atoms with van der Waals surface area (Å²) in [7, 11) is -1.97. The van der Waals surface area contributed by atoms with Crippen molar-refractivity contribution < 1.29 is 17.6 Å². The Morgan fingerprint density at radius 2 is 1.27 bits per heavy atom. The lowest BCUT2D eigenvalue weighted by Crippen LogP contribution is -2.54. The molecule has 6 heteroatoms. The summed E-state index contributed by atoms with van der Waals surface area (Å²) in [5, 5.41) is 0. The third-order valence-electron chi connectivity index (χ3n) is 5.22. The Balaban J connectivity index is 3.66. The molecule has 0 radical (unpaired) electrons. The van der Waals surface area contributed by atoms with Crippen LogP contribution in [0.3, 0.4) is 0 Å². The van der Waals surface area contributed by atoms with E-state index in [0.29, 0.717) is 17.6 Å². The van der Waals surface area contributed by atoms with Crippen molar-refractivity contribution in [2.75, 3.05) is 25.9 Å². The SMILES string of the molecule is CCCCCCCCCCCCCC[N+](C)(N)CC(CC)CS(=O)(=O)O. The van der Waals surface area contributed by atoms with Gasteiger partial charge < -0.3 is 0 Å². The quantitative estimate of drug-likeness (QED) is 0.114. The van der Waals surface area contributed by atoms with Gasteiger partial charge in [-0.25, -0.2) is 0 Å². The lowest BCUT2D eigenvalue weighted by Gasteiger charge is -2.31. The molecule has 5 nitrogen and oxygen atoms in total. The number of quaternary nitrogens is 1. The normalized spacial score (nSPS) is 15.7. The van der Waals surface area contributed by atoms with Crippen molar-refractivity contribution in [1.29, 1.82) is 0 Å². The molecule has 0 fully saturated rings. The van der Waals surface area contributed by atoms with Crippen molar-refractivity contribution in [2.45, 2.75) is 97.3 Å². The number of rotatable bonds is 18. The third kappa shape index (κ3) is 17.3. The molecule has 26 heavy (non-hydrogen) atoms. The Hall–Kier alpha value is -0.170. The van der Waals surface area contributed by atoms with Crippen molar-refractivity contribution in [3.05, 3.63) is 0 Å². The van der Waals surface area contributed by atoms with Gasteiger partial charge in [-0.2, -0.15) is 14.3 Å². The molecule has 0 heterocycles. The van der Waals surface area contributed by atoms with Crippen LogP contribution in [0, 0.1) is 5.92 Å². The highest BCUT2D eigenvalue weighted by Crippen LogP contribution is 2.14. The number of hydrogen-bond acceptors (Lipinski definition) is 3. The predicted octanol–water partition coefficient (Wildman–Crippen LogP) is 4.92. The molecule has 0 aliphatic carbocycles. The first kappa shape index (κ1) is 25.8. The second-order valence-corrected chi connectivity index (χ2v) is 9.79. The minimum absolute atomic E-state index is 0.0858. The highest BCUT2D eigenvalue weighted by Gasteiger charge is 2.25. The standard InChI is InChI=1S/C20H44N2O3S/c1-4-6-7-8-9-10-11-12-13-14-15-16-17-22(3,21)18-20(5-2)19-26(23,24)25/h20H,4-19,21H2,1-3H3/p+1. The van der Waals surface area contributed by atoms with Crippen LogP contribution in [0.15, 0.2) is 0 Å². The zero-order valence-electron chi connectivity index (χ0n) is 17.6. The van der Waals surface area contributed by atoms with E-state index in [1.165, 1.54) is 70.6 Å². The van der Waals surface area contributed by atoms with Gasteiger partial charge in [0.15, 0.2) is 0 Å². The monoisotopic (exact) mass is 393 g/mol. The summed E-state index contributed by atoms with van der Waals surface area (Å²) < 4.78 is 31.5. The third-order valence-corrected chi connectivity index (χ3v) is 6.11. The predicted molar refractivity (Wildman–Crippen MR) is 111 cm³/mol. The van der Waals surface area contributed by atoms with Crippen molar-refractivity contribution in [3.63, 3.8) is 0 Å². The van der Waals surface area contributed by atoms with Crippen LogP contribution in [0.4, 0.5) is 0 Å². The zero-order chi connectivity index (χ0) is 19.9. The van der Waals surface area contributed by atoms with Gasteiger partial charge in [-0.3, -0.25) is 9.14 Å². The van der Waals surface area contributed by atoms with Gasteiger partial charge in [-0.15, -0.1) is 0 Å². The van der Waals surface area contributed by atoms with Crippen LogP contribution in [0.25, 0.3) is 0 Å². The van der Waals surface area contributed by atoms with Crippen LogP contribution in [0.5, 0.6) is 0 Å². The van der Waals surface area contributed by atoms with E-state index in [1.807, 2.05) is 14.0 Å². The number of unbranched alkanes of at least 4 members (excludes halogenated alkanes) is 11. The molecule has 0 saturated carbocycles. The lowest BCUT2D eigenvalue weighted by atomic mass is 10.0. The molecule has 0 saturated heterocycles. The summed E-state index contributed by atoms with van der Waals surface area (Å²) in [5.41, 5.74) is 0. The van der Waals surface area contributed by atoms with E-state index in [-0.39, 0.29) is 11.7 Å². The summed E-state index contributed by atoms with van der Waals surface area (Å²) in [4.78, 5) is 0. The van der Waals surface area contributed by atoms with Gasteiger partial charge in [-0.05, 0) is 19.3 Å². The molecular formula is C20H45N2O3S+. The largest absolute Gasteiger partial charge is 0.286 e. The molecule has 2 atom stereocenters. The fourth-order valence-corrected chi connectivity index (χ4v) is 4.53. The second-order valence-electron chi connectivity index (χ2n) is 8.30. The lowest BCUT2D eigenvalue weighted by molar-refractivity contribution is -0.924. The van der Waals surface area contributed by atoms with Gasteiger partial charge in [0, 0.05) is 5.92 Å². The smallest absolute Gasteiger partial charge is 0.265 e. The van der Waals surface area contributed by atoms with Gasteiger partial charge in [0.25, 0.3) is 10.1 Å². The first-order chi connectivity index (χ1) is 12.2. The Morgan fingerprint density at radius 1 is 0.846 bits per heavy atom. The second kappa shape index (κ2) is 14.8. The van der Waals surface area contributed by atoms with Gasteiger partial charge in [0.2, 0.25) is 0 Å². The minimum Gasteiger partial charge on any atom is -0.286 e. The van der Waals surface area contributed by atoms with Gasteiger partial charge in [-0.1, -0.05) is 78.1 Å². The molecule has 0 rings (SSSR count). The average Bonchev–Trinajstić information content (AvgIpc) is 2.53. The Labute approximate surface area is 163 Å². The van der Waals surface area contributed by atoms with E-state index in [2.05, 4.69) is 6.92 Å². The molecule has 0 aliphatic heterocycles. The van der Waals surface area contributed by atoms with Crippen molar-refractivity contribution in [1.82, 2.24) is 0 Å². The number of hydrogen-bond donors (Lipinski definition) is 2. The maximum absolute atomic E-state index is 11.1. The van der Waals surface area contributed by atoms with Crippen LogP contribution in [-0.4, -0.2) is 43.5 Å². The zero-order valence-corrected chi connectivity index (χ0v) is 18.4. The van der Waals surface area contributed by atoms with E-state index in [1.54, 1.807) is 0 Å². The molecule has 0 bridgehead atoms. The van der Waals surface area contributed by atoms with E-state index < -0.39 is 10.1 Å². The summed E-state index contributed by atoms with van der Waals surface area (Å²) in [6, 6.07) is 0. The fraction of sp³-hybridized carbons (Fsp3) is 1.00. The molecule has 2 unspecified atom stereocenters. The minimum atomic E-state index is -3.92. The van der Waals surface area contributed by atoms with Crippen molar-refractivity contribution in [3.8, 4) is 0 Å². The topological polar surface area (TPSA) is 80.4 Å².